The minimum absolute atomic E-state index is 0.279. The second-order valence-corrected chi connectivity index (χ2v) is 6.89. The van der Waals surface area contributed by atoms with Crippen molar-refractivity contribution in [2.24, 2.45) is 10.8 Å². The van der Waals surface area contributed by atoms with Gasteiger partial charge in [0.2, 0.25) is 0 Å². The zero-order valence-electron chi connectivity index (χ0n) is 12.2. The van der Waals surface area contributed by atoms with Gasteiger partial charge in [-0.3, -0.25) is 0 Å². The molecule has 0 amide bonds. The van der Waals surface area contributed by atoms with Crippen molar-refractivity contribution in [1.82, 2.24) is 0 Å². The Morgan fingerprint density at radius 1 is 0.882 bits per heavy atom. The molecule has 1 N–H and O–H groups in total. The maximum atomic E-state index is 9.27. The summed E-state index contributed by atoms with van der Waals surface area (Å²) in [6.07, 6.45) is 13.5. The first-order valence-corrected chi connectivity index (χ1v) is 7.63. The number of hydrogen-bond donors (Lipinski definition) is 1. The molecule has 0 atom stereocenters. The highest BCUT2D eigenvalue weighted by Crippen LogP contribution is 2.49. The summed E-state index contributed by atoms with van der Waals surface area (Å²) in [7, 11) is 0. The van der Waals surface area contributed by atoms with Gasteiger partial charge in [0.25, 0.3) is 0 Å². The maximum absolute atomic E-state index is 9.27. The van der Waals surface area contributed by atoms with Gasteiger partial charge in [-0.15, -0.1) is 0 Å². The molecule has 102 valence electrons. The molecule has 0 unspecified atom stereocenters. The summed E-state index contributed by atoms with van der Waals surface area (Å²) in [5.41, 5.74) is 0.702. The van der Waals surface area contributed by atoms with Crippen molar-refractivity contribution < 1.29 is 5.11 Å². The first-order valence-electron chi connectivity index (χ1n) is 7.63. The van der Waals surface area contributed by atoms with Crippen LogP contribution in [0.2, 0.25) is 0 Å². The molecule has 1 nitrogen and oxygen atoms in total. The number of hydrogen-bond acceptors (Lipinski definition) is 1. The molecule has 0 spiro atoms. The smallest absolute Gasteiger partial charge is 0.0436 e. The molecule has 1 heteroatoms. The van der Waals surface area contributed by atoms with Gasteiger partial charge in [-0.2, -0.15) is 0 Å². The second-order valence-electron chi connectivity index (χ2n) is 6.89. The van der Waals surface area contributed by atoms with E-state index in [4.69, 9.17) is 0 Å². The van der Waals surface area contributed by atoms with E-state index in [2.05, 4.69) is 20.8 Å². The molecule has 0 radical (unpaired) electrons. The summed E-state index contributed by atoms with van der Waals surface area (Å²) in [5.74, 6) is 0. The molecule has 1 aliphatic carbocycles. The fraction of sp³-hybridized carbons (Fsp3) is 1.00. The van der Waals surface area contributed by atoms with E-state index < -0.39 is 0 Å². The van der Waals surface area contributed by atoms with Crippen LogP contribution in [0.4, 0.5) is 0 Å². The monoisotopic (exact) mass is 240 g/mol. The minimum Gasteiger partial charge on any atom is -0.396 e. The number of rotatable bonds is 3. The van der Waals surface area contributed by atoms with Gasteiger partial charge in [-0.25, -0.2) is 0 Å². The molecule has 1 saturated carbocycles. The fourth-order valence-corrected chi connectivity index (χ4v) is 3.30. The molecule has 0 aromatic heterocycles. The van der Waals surface area contributed by atoms with Gasteiger partial charge in [0.1, 0.15) is 0 Å². The van der Waals surface area contributed by atoms with Crippen molar-refractivity contribution in [2.75, 3.05) is 6.61 Å². The van der Waals surface area contributed by atoms with E-state index in [-0.39, 0.29) is 5.41 Å². The summed E-state index contributed by atoms with van der Waals surface area (Å²) in [6, 6.07) is 0. The van der Waals surface area contributed by atoms with E-state index in [0.717, 1.165) is 6.42 Å². The molecular weight excluding hydrogens is 208 g/mol. The summed E-state index contributed by atoms with van der Waals surface area (Å²) in [5, 5.41) is 9.27. The van der Waals surface area contributed by atoms with Crippen molar-refractivity contribution in [1.29, 1.82) is 0 Å². The lowest BCUT2D eigenvalue weighted by Gasteiger charge is -2.45. The summed E-state index contributed by atoms with van der Waals surface area (Å²) < 4.78 is 0. The fourth-order valence-electron chi connectivity index (χ4n) is 3.30. The van der Waals surface area contributed by atoms with Crippen LogP contribution in [0.1, 0.15) is 85.0 Å². The van der Waals surface area contributed by atoms with E-state index >= 15 is 0 Å². The summed E-state index contributed by atoms with van der Waals surface area (Å²) in [4.78, 5) is 0. The number of aliphatic hydroxyl groups is 1. The number of aliphatic hydroxyl groups excluding tert-OH is 1. The molecule has 1 aliphatic rings. The predicted molar refractivity (Wildman–Crippen MR) is 75.1 cm³/mol. The Balaban J connectivity index is 2.65. The Morgan fingerprint density at radius 2 is 1.29 bits per heavy atom. The van der Waals surface area contributed by atoms with Gasteiger partial charge >= 0.3 is 0 Å². The SMILES string of the molecule is CC(C)(CCO)C1(C)CCCCCCCCC1. The summed E-state index contributed by atoms with van der Waals surface area (Å²) in [6.45, 7) is 7.51. The predicted octanol–water partition coefficient (Wildman–Crippen LogP) is 4.93. The largest absolute Gasteiger partial charge is 0.396 e. The molecule has 0 saturated heterocycles. The van der Waals surface area contributed by atoms with Crippen molar-refractivity contribution in [2.45, 2.75) is 85.0 Å². The first-order chi connectivity index (χ1) is 8.02. The normalized spacial score (nSPS) is 23.3. The van der Waals surface area contributed by atoms with Crippen molar-refractivity contribution >= 4 is 0 Å². The van der Waals surface area contributed by atoms with E-state index in [1.807, 2.05) is 0 Å². The van der Waals surface area contributed by atoms with Crippen molar-refractivity contribution in [3.05, 3.63) is 0 Å². The highest BCUT2D eigenvalue weighted by molar-refractivity contribution is 4.89. The van der Waals surface area contributed by atoms with E-state index in [9.17, 15) is 5.11 Å². The highest BCUT2D eigenvalue weighted by atomic mass is 16.3. The van der Waals surface area contributed by atoms with Crippen LogP contribution in [0.3, 0.4) is 0 Å². The van der Waals surface area contributed by atoms with Gasteiger partial charge < -0.3 is 5.11 Å². The van der Waals surface area contributed by atoms with Crippen LogP contribution in [0, 0.1) is 10.8 Å². The van der Waals surface area contributed by atoms with Crippen molar-refractivity contribution in [3.8, 4) is 0 Å². The van der Waals surface area contributed by atoms with Crippen molar-refractivity contribution in [3.63, 3.8) is 0 Å². The van der Waals surface area contributed by atoms with Gasteiger partial charge in [0, 0.05) is 6.61 Å². The average Bonchev–Trinajstić information content (AvgIpc) is 2.27. The van der Waals surface area contributed by atoms with Gasteiger partial charge in [-0.1, -0.05) is 65.7 Å². The third-order valence-corrected chi connectivity index (χ3v) is 5.33. The lowest BCUT2D eigenvalue weighted by molar-refractivity contribution is 0.0343. The van der Waals surface area contributed by atoms with Crippen LogP contribution < -0.4 is 0 Å². The van der Waals surface area contributed by atoms with Crippen LogP contribution >= 0.6 is 0 Å². The molecule has 0 aliphatic heterocycles. The van der Waals surface area contributed by atoms with Gasteiger partial charge in [0.15, 0.2) is 0 Å². The molecule has 1 rings (SSSR count). The zero-order chi connectivity index (χ0) is 12.8. The average molecular weight is 240 g/mol. The van der Waals surface area contributed by atoms with E-state index in [1.165, 1.54) is 57.8 Å². The highest BCUT2D eigenvalue weighted by Gasteiger charge is 2.39. The molecule has 0 aromatic carbocycles. The summed E-state index contributed by atoms with van der Waals surface area (Å²) >= 11 is 0. The Morgan fingerprint density at radius 3 is 1.71 bits per heavy atom. The minimum atomic E-state index is 0.279. The van der Waals surface area contributed by atoms with Crippen LogP contribution in [0.15, 0.2) is 0 Å². The molecule has 17 heavy (non-hydrogen) atoms. The molecule has 0 bridgehead atoms. The van der Waals surface area contributed by atoms with Crippen LogP contribution in [0.25, 0.3) is 0 Å². The first kappa shape index (κ1) is 15.0. The topological polar surface area (TPSA) is 20.2 Å². The molecule has 0 heterocycles. The lowest BCUT2D eigenvalue weighted by Crippen LogP contribution is -2.36. The Labute approximate surface area is 108 Å². The van der Waals surface area contributed by atoms with Crippen LogP contribution in [0.5, 0.6) is 0 Å². The Bertz CT molecular complexity index is 198. The van der Waals surface area contributed by atoms with Gasteiger partial charge in [-0.05, 0) is 30.1 Å². The Hall–Kier alpha value is -0.0400. The standard InChI is InChI=1S/C16H32O/c1-15(2,13-14-17)16(3)11-9-7-5-4-6-8-10-12-16/h17H,4-14H2,1-3H3. The molecule has 0 aromatic rings. The maximum Gasteiger partial charge on any atom is 0.0436 e. The second kappa shape index (κ2) is 6.78. The van der Waals surface area contributed by atoms with Crippen LogP contribution in [-0.2, 0) is 0 Å². The van der Waals surface area contributed by atoms with E-state index in [0.29, 0.717) is 12.0 Å². The third-order valence-electron chi connectivity index (χ3n) is 5.33. The van der Waals surface area contributed by atoms with E-state index in [1.54, 1.807) is 0 Å². The molecular formula is C16H32O. The lowest BCUT2D eigenvalue weighted by atomic mass is 9.60. The zero-order valence-corrected chi connectivity index (χ0v) is 12.2. The van der Waals surface area contributed by atoms with Gasteiger partial charge in [0.05, 0.1) is 0 Å². The quantitative estimate of drug-likeness (QED) is 0.742. The molecule has 1 fully saturated rings. The third kappa shape index (κ3) is 4.28. The van der Waals surface area contributed by atoms with Crippen LogP contribution in [-0.4, -0.2) is 11.7 Å². The Kier molecular flexibility index (Phi) is 5.99.